The number of nitriles is 1. The summed E-state index contributed by atoms with van der Waals surface area (Å²) in [6.07, 6.45) is 2.03. The van der Waals surface area contributed by atoms with E-state index in [0.717, 1.165) is 18.5 Å². The molecule has 0 radical (unpaired) electrons. The number of rotatable bonds is 5. The minimum absolute atomic E-state index is 0.293. The molecule has 102 valence electrons. The van der Waals surface area contributed by atoms with Crippen LogP contribution in [0.3, 0.4) is 0 Å². The van der Waals surface area contributed by atoms with E-state index in [1.54, 1.807) is 18.2 Å². The van der Waals surface area contributed by atoms with E-state index in [2.05, 4.69) is 42.6 Å². The monoisotopic (exact) mass is 284 g/mol. The Hall–Kier alpha value is -1.98. The summed E-state index contributed by atoms with van der Waals surface area (Å²) in [4.78, 5) is 0. The van der Waals surface area contributed by atoms with E-state index in [4.69, 9.17) is 16.9 Å². The molecule has 1 atom stereocenters. The Morgan fingerprint density at radius 2 is 1.95 bits per heavy atom. The van der Waals surface area contributed by atoms with Gasteiger partial charge in [0.25, 0.3) is 0 Å². The summed E-state index contributed by atoms with van der Waals surface area (Å²) in [5, 5.41) is 12.9. The highest BCUT2D eigenvalue weighted by atomic mass is 35.5. The van der Waals surface area contributed by atoms with Crippen LogP contribution in [0.1, 0.15) is 24.5 Å². The lowest BCUT2D eigenvalue weighted by atomic mass is 10.1. The van der Waals surface area contributed by atoms with Crippen molar-refractivity contribution in [1.29, 1.82) is 5.26 Å². The van der Waals surface area contributed by atoms with E-state index in [0.29, 0.717) is 16.6 Å². The molecular formula is C17H17ClN2. The van der Waals surface area contributed by atoms with Crippen molar-refractivity contribution >= 4 is 17.3 Å². The molecule has 0 bridgehead atoms. The zero-order valence-corrected chi connectivity index (χ0v) is 12.2. The Bertz CT molecular complexity index is 602. The van der Waals surface area contributed by atoms with Gasteiger partial charge >= 0.3 is 0 Å². The van der Waals surface area contributed by atoms with E-state index < -0.39 is 0 Å². The van der Waals surface area contributed by atoms with Crippen molar-refractivity contribution in [1.82, 2.24) is 0 Å². The Kier molecular flexibility index (Phi) is 5.03. The van der Waals surface area contributed by atoms with Gasteiger partial charge in [-0.25, -0.2) is 0 Å². The summed E-state index contributed by atoms with van der Waals surface area (Å²) in [7, 11) is 0. The summed E-state index contributed by atoms with van der Waals surface area (Å²) < 4.78 is 0. The van der Waals surface area contributed by atoms with Crippen LogP contribution in [-0.2, 0) is 6.42 Å². The fraction of sp³-hybridized carbons (Fsp3) is 0.235. The summed E-state index contributed by atoms with van der Waals surface area (Å²) in [6.45, 7) is 2.12. The zero-order valence-electron chi connectivity index (χ0n) is 11.4. The smallest absolute Gasteiger partial charge is 0.0992 e. The van der Waals surface area contributed by atoms with Crippen molar-refractivity contribution in [3.8, 4) is 6.07 Å². The average Bonchev–Trinajstić information content (AvgIpc) is 2.48. The number of hydrogen-bond donors (Lipinski definition) is 1. The van der Waals surface area contributed by atoms with Gasteiger partial charge in [0.05, 0.1) is 22.3 Å². The van der Waals surface area contributed by atoms with Gasteiger partial charge in [0.1, 0.15) is 0 Å². The minimum Gasteiger partial charge on any atom is -0.381 e. The quantitative estimate of drug-likeness (QED) is 0.868. The van der Waals surface area contributed by atoms with Crippen molar-refractivity contribution in [2.45, 2.75) is 25.8 Å². The van der Waals surface area contributed by atoms with Crippen LogP contribution in [0.25, 0.3) is 0 Å². The lowest BCUT2D eigenvalue weighted by Crippen LogP contribution is -2.16. The summed E-state index contributed by atoms with van der Waals surface area (Å²) in [6, 6.07) is 18.1. The maximum Gasteiger partial charge on any atom is 0.0992 e. The standard InChI is InChI=1S/C17H17ClN2/c1-13(7-8-14-5-3-2-4-6-14)20-17-11-15(12-19)9-10-16(17)18/h2-6,9-11,13,20H,7-8H2,1H3. The van der Waals surface area contributed by atoms with Crippen LogP contribution < -0.4 is 5.32 Å². The van der Waals surface area contributed by atoms with Crippen molar-refractivity contribution in [2.75, 3.05) is 5.32 Å². The minimum atomic E-state index is 0.293. The molecule has 0 amide bonds. The first kappa shape index (κ1) is 14.4. The van der Waals surface area contributed by atoms with Crippen LogP contribution in [0.5, 0.6) is 0 Å². The molecule has 1 N–H and O–H groups in total. The van der Waals surface area contributed by atoms with Gasteiger partial charge in [0.15, 0.2) is 0 Å². The van der Waals surface area contributed by atoms with Crippen molar-refractivity contribution in [3.05, 3.63) is 64.7 Å². The predicted molar refractivity (Wildman–Crippen MR) is 84.0 cm³/mol. The van der Waals surface area contributed by atoms with Gasteiger partial charge < -0.3 is 5.32 Å². The molecule has 2 aromatic carbocycles. The molecular weight excluding hydrogens is 268 g/mol. The summed E-state index contributed by atoms with van der Waals surface area (Å²) in [5.74, 6) is 0. The molecule has 0 fully saturated rings. The lowest BCUT2D eigenvalue weighted by molar-refractivity contribution is 0.706. The second-order valence-corrected chi connectivity index (χ2v) is 5.28. The Morgan fingerprint density at radius 3 is 2.65 bits per heavy atom. The highest BCUT2D eigenvalue weighted by Gasteiger charge is 2.07. The molecule has 0 saturated heterocycles. The SMILES string of the molecule is CC(CCc1ccccc1)Nc1cc(C#N)ccc1Cl. The van der Waals surface area contributed by atoms with Crippen LogP contribution in [0.2, 0.25) is 5.02 Å². The van der Waals surface area contributed by atoms with E-state index in [9.17, 15) is 0 Å². The largest absolute Gasteiger partial charge is 0.381 e. The lowest BCUT2D eigenvalue weighted by Gasteiger charge is -2.16. The molecule has 0 aromatic heterocycles. The molecule has 0 heterocycles. The molecule has 3 heteroatoms. The first-order valence-corrected chi connectivity index (χ1v) is 7.07. The number of nitrogens with zero attached hydrogens (tertiary/aromatic N) is 1. The number of nitrogens with one attached hydrogen (secondary N) is 1. The van der Waals surface area contributed by atoms with Crippen molar-refractivity contribution < 1.29 is 0 Å². The van der Waals surface area contributed by atoms with Crippen molar-refractivity contribution in [3.63, 3.8) is 0 Å². The van der Waals surface area contributed by atoms with Crippen LogP contribution in [-0.4, -0.2) is 6.04 Å². The number of anilines is 1. The molecule has 0 spiro atoms. The van der Waals surface area contributed by atoms with E-state index in [1.165, 1.54) is 5.56 Å². The van der Waals surface area contributed by atoms with Crippen LogP contribution in [0.15, 0.2) is 48.5 Å². The number of benzene rings is 2. The average molecular weight is 285 g/mol. The fourth-order valence-corrected chi connectivity index (χ4v) is 2.24. The second kappa shape index (κ2) is 6.98. The number of halogens is 1. The van der Waals surface area contributed by atoms with Gasteiger partial charge in [0.2, 0.25) is 0 Å². The van der Waals surface area contributed by atoms with Crippen molar-refractivity contribution in [2.24, 2.45) is 0 Å². The van der Waals surface area contributed by atoms with Gasteiger partial charge in [-0.1, -0.05) is 41.9 Å². The molecule has 1 unspecified atom stereocenters. The van der Waals surface area contributed by atoms with Crippen LogP contribution in [0.4, 0.5) is 5.69 Å². The topological polar surface area (TPSA) is 35.8 Å². The summed E-state index contributed by atoms with van der Waals surface area (Å²) in [5.41, 5.74) is 2.77. The molecule has 2 rings (SSSR count). The Morgan fingerprint density at radius 1 is 1.20 bits per heavy atom. The van der Waals surface area contributed by atoms with Crippen LogP contribution >= 0.6 is 11.6 Å². The predicted octanol–water partition coefficient (Wildman–Crippen LogP) is 4.64. The van der Waals surface area contributed by atoms with Crippen LogP contribution in [0, 0.1) is 11.3 Å². The number of hydrogen-bond acceptors (Lipinski definition) is 2. The fourth-order valence-electron chi connectivity index (χ4n) is 2.07. The highest BCUT2D eigenvalue weighted by Crippen LogP contribution is 2.24. The molecule has 0 aliphatic heterocycles. The molecule has 0 saturated carbocycles. The molecule has 20 heavy (non-hydrogen) atoms. The van der Waals surface area contributed by atoms with E-state index in [1.807, 2.05) is 6.07 Å². The third-order valence-electron chi connectivity index (χ3n) is 3.21. The molecule has 2 nitrogen and oxygen atoms in total. The van der Waals surface area contributed by atoms with Gasteiger partial charge in [-0.05, 0) is 43.5 Å². The highest BCUT2D eigenvalue weighted by molar-refractivity contribution is 6.33. The molecule has 0 aliphatic carbocycles. The van der Waals surface area contributed by atoms with Gasteiger partial charge in [-0.2, -0.15) is 5.26 Å². The Labute approximate surface area is 125 Å². The second-order valence-electron chi connectivity index (χ2n) is 4.88. The summed E-state index contributed by atoms with van der Waals surface area (Å²) >= 11 is 6.14. The Balaban J connectivity index is 1.95. The van der Waals surface area contributed by atoms with Gasteiger partial charge in [-0.15, -0.1) is 0 Å². The third-order valence-corrected chi connectivity index (χ3v) is 3.54. The maximum atomic E-state index is 8.92. The van der Waals surface area contributed by atoms with E-state index in [-0.39, 0.29) is 0 Å². The first-order chi connectivity index (χ1) is 9.69. The first-order valence-electron chi connectivity index (χ1n) is 6.69. The van der Waals surface area contributed by atoms with Gasteiger partial charge in [-0.3, -0.25) is 0 Å². The van der Waals surface area contributed by atoms with E-state index >= 15 is 0 Å². The van der Waals surface area contributed by atoms with Gasteiger partial charge in [0, 0.05) is 6.04 Å². The zero-order chi connectivity index (χ0) is 14.4. The maximum absolute atomic E-state index is 8.92. The third kappa shape index (κ3) is 4.01. The molecule has 0 aliphatic rings. The number of aryl methyl sites for hydroxylation is 1. The molecule has 2 aromatic rings. The normalized spacial score (nSPS) is 11.7.